The van der Waals surface area contributed by atoms with Crippen molar-refractivity contribution in [2.24, 2.45) is 0 Å². The minimum Gasteiger partial charge on any atom is -0.480 e. The van der Waals surface area contributed by atoms with Gasteiger partial charge in [-0.05, 0) is 48.5 Å². The number of hydrogen-bond donors (Lipinski definition) is 7. The van der Waals surface area contributed by atoms with E-state index in [0.717, 1.165) is 15.8 Å². The molecule has 6 N–H and O–H groups in total. The third kappa shape index (κ3) is 12.5. The maximum absolute atomic E-state index is 12.8. The Kier molecular flexibility index (Phi) is 13.3. The maximum Gasteiger partial charge on any atom is 0.317 e. The molecule has 3 rings (SSSR count). The average Bonchev–Trinajstić information content (AvgIpc) is 2.94. The second-order valence-corrected chi connectivity index (χ2v) is 10.6. The highest BCUT2D eigenvalue weighted by atomic mass is 32.1. The number of pyridine rings is 1. The number of anilines is 2. The number of thiol groups is 1. The third-order valence-corrected chi connectivity index (χ3v) is 6.73. The van der Waals surface area contributed by atoms with E-state index < -0.39 is 49.7 Å². The molecular formula is C29H36N6O8S. The number of aliphatic hydroxyl groups excluding tert-OH is 1. The minimum atomic E-state index is -1.16. The number of hydrogen-bond acceptors (Lipinski definition) is 11. The predicted octanol–water partition coefficient (Wildman–Crippen LogP) is 1.05. The Hall–Kier alpha value is -4.28. The monoisotopic (exact) mass is 628 g/mol. The predicted molar refractivity (Wildman–Crippen MR) is 166 cm³/mol. The lowest BCUT2D eigenvalue weighted by atomic mass is 10.2. The number of carboxylic acids is 3. The second-order valence-electron chi connectivity index (χ2n) is 10.1. The van der Waals surface area contributed by atoms with E-state index in [1.54, 1.807) is 54.7 Å². The van der Waals surface area contributed by atoms with Gasteiger partial charge in [0.1, 0.15) is 6.23 Å². The zero-order valence-electron chi connectivity index (χ0n) is 23.9. The summed E-state index contributed by atoms with van der Waals surface area (Å²) in [4.78, 5) is 56.6. The van der Waals surface area contributed by atoms with Crippen molar-refractivity contribution < 1.29 is 39.6 Å². The van der Waals surface area contributed by atoms with E-state index in [-0.39, 0.29) is 39.3 Å². The number of aliphatic carboxylic acids is 3. The molecule has 0 saturated carbocycles. The molecule has 0 aliphatic carbocycles. The molecule has 15 heteroatoms. The first-order valence-electron chi connectivity index (χ1n) is 13.7. The van der Waals surface area contributed by atoms with Crippen molar-refractivity contribution in [3.05, 3.63) is 60.8 Å². The molecule has 2 aromatic carbocycles. The van der Waals surface area contributed by atoms with Gasteiger partial charge < -0.3 is 31.1 Å². The number of benzene rings is 2. The summed E-state index contributed by atoms with van der Waals surface area (Å²) in [6, 6.07) is 15.7. The molecule has 1 aromatic heterocycles. The Morgan fingerprint density at radius 1 is 0.750 bits per heavy atom. The first-order chi connectivity index (χ1) is 21.0. The number of fused-ring (bicyclic) bond motifs is 1. The lowest BCUT2D eigenvalue weighted by Gasteiger charge is -2.29. The van der Waals surface area contributed by atoms with Crippen LogP contribution in [0.3, 0.4) is 0 Å². The summed E-state index contributed by atoms with van der Waals surface area (Å²) in [6.45, 7) is -1.20. The van der Waals surface area contributed by atoms with E-state index in [4.69, 9.17) is 0 Å². The van der Waals surface area contributed by atoms with Gasteiger partial charge in [-0.2, -0.15) is 0 Å². The highest BCUT2D eigenvalue weighted by Crippen LogP contribution is 2.17. The van der Waals surface area contributed by atoms with Crippen LogP contribution in [0.2, 0.25) is 0 Å². The fourth-order valence-corrected chi connectivity index (χ4v) is 4.60. The molecule has 0 aliphatic heterocycles. The number of carbonyl (C=O) groups excluding carboxylic acids is 1. The van der Waals surface area contributed by atoms with Gasteiger partial charge in [0.25, 0.3) is 0 Å². The standard InChI is InChI=1S/C29H36N6O8S/c36-25(31-21-3-6-23(44)7-4-21)15-34(18-28(40)41)12-10-33(17-27(38)39)11-13-35(19-29(42)43)16-26(37)32-22-5-8-24-20(14-22)2-1-9-30-24/h1-9,14,25,31,36,44H,10-13,15-19H2,(H,32,37)(H,38,39)(H,40,41)(H,42,43). The van der Waals surface area contributed by atoms with E-state index in [2.05, 4.69) is 28.2 Å². The second kappa shape index (κ2) is 17.1. The minimum absolute atomic E-state index is 0.0545. The molecule has 44 heavy (non-hydrogen) atoms. The van der Waals surface area contributed by atoms with E-state index in [9.17, 15) is 39.6 Å². The molecule has 0 radical (unpaired) electrons. The average molecular weight is 629 g/mol. The molecule has 236 valence electrons. The van der Waals surface area contributed by atoms with Gasteiger partial charge in [0.15, 0.2) is 0 Å². The zero-order valence-corrected chi connectivity index (χ0v) is 24.8. The van der Waals surface area contributed by atoms with E-state index in [0.29, 0.717) is 11.4 Å². The molecule has 0 saturated heterocycles. The highest BCUT2D eigenvalue weighted by molar-refractivity contribution is 7.80. The number of carbonyl (C=O) groups is 4. The first-order valence-corrected chi connectivity index (χ1v) is 14.1. The van der Waals surface area contributed by atoms with Crippen LogP contribution in [-0.4, -0.2) is 129 Å². The summed E-state index contributed by atoms with van der Waals surface area (Å²) in [6.07, 6.45) is 0.545. The molecular weight excluding hydrogens is 592 g/mol. The normalized spacial score (nSPS) is 12.0. The molecule has 1 atom stereocenters. The summed E-state index contributed by atoms with van der Waals surface area (Å²) in [5.41, 5.74) is 1.89. The van der Waals surface area contributed by atoms with Crippen LogP contribution in [0.4, 0.5) is 11.4 Å². The Morgan fingerprint density at radius 3 is 1.98 bits per heavy atom. The molecule has 3 aromatic rings. The van der Waals surface area contributed by atoms with Crippen molar-refractivity contribution in [3.63, 3.8) is 0 Å². The number of rotatable bonds is 19. The molecule has 0 bridgehead atoms. The van der Waals surface area contributed by atoms with Gasteiger partial charge >= 0.3 is 17.9 Å². The molecule has 0 fully saturated rings. The topological polar surface area (TPSA) is 196 Å². The highest BCUT2D eigenvalue weighted by Gasteiger charge is 2.20. The van der Waals surface area contributed by atoms with E-state index in [1.807, 2.05) is 6.07 Å². The summed E-state index contributed by atoms with van der Waals surface area (Å²) in [5, 5.41) is 45.1. The fraction of sp³-hybridized carbons (Fsp3) is 0.345. The largest absolute Gasteiger partial charge is 0.480 e. The Labute approximate surface area is 259 Å². The van der Waals surface area contributed by atoms with Gasteiger partial charge in [0.05, 0.1) is 31.7 Å². The Balaban J connectivity index is 1.58. The Bertz CT molecular complexity index is 1430. The smallest absolute Gasteiger partial charge is 0.317 e. The number of aromatic nitrogens is 1. The van der Waals surface area contributed by atoms with Crippen molar-refractivity contribution in [3.8, 4) is 0 Å². The number of carboxylic acid groups (broad SMARTS) is 3. The van der Waals surface area contributed by atoms with Crippen molar-refractivity contribution in [1.82, 2.24) is 19.7 Å². The van der Waals surface area contributed by atoms with Crippen LogP contribution in [0.5, 0.6) is 0 Å². The van der Waals surface area contributed by atoms with Crippen LogP contribution >= 0.6 is 12.6 Å². The van der Waals surface area contributed by atoms with Crippen molar-refractivity contribution in [1.29, 1.82) is 0 Å². The van der Waals surface area contributed by atoms with Crippen LogP contribution in [0, 0.1) is 0 Å². The molecule has 1 unspecified atom stereocenters. The SMILES string of the molecule is O=C(O)CN(CCN(CC(=O)O)CC(=O)Nc1ccc2ncccc2c1)CCN(CC(=O)O)CC(O)Nc1ccc(S)cc1. The summed E-state index contributed by atoms with van der Waals surface area (Å²) >= 11 is 4.21. The van der Waals surface area contributed by atoms with Gasteiger partial charge in [-0.3, -0.25) is 38.9 Å². The van der Waals surface area contributed by atoms with E-state index >= 15 is 0 Å². The summed E-state index contributed by atoms with van der Waals surface area (Å²) < 4.78 is 0. The van der Waals surface area contributed by atoms with Gasteiger partial charge in [-0.15, -0.1) is 12.6 Å². The zero-order chi connectivity index (χ0) is 32.1. The van der Waals surface area contributed by atoms with Crippen LogP contribution < -0.4 is 10.6 Å². The van der Waals surface area contributed by atoms with Gasteiger partial charge in [0.2, 0.25) is 5.91 Å². The molecule has 1 amide bonds. The summed E-state index contributed by atoms with van der Waals surface area (Å²) in [7, 11) is 0. The van der Waals surface area contributed by atoms with Crippen LogP contribution in [0.1, 0.15) is 0 Å². The molecule has 0 aliphatic rings. The van der Waals surface area contributed by atoms with Crippen LogP contribution in [0.25, 0.3) is 10.9 Å². The first kappa shape index (κ1) is 34.2. The summed E-state index contributed by atoms with van der Waals surface area (Å²) in [5.74, 6) is -3.85. The third-order valence-electron chi connectivity index (χ3n) is 6.43. The van der Waals surface area contributed by atoms with Crippen molar-refractivity contribution in [2.45, 2.75) is 11.1 Å². The Morgan fingerprint density at radius 2 is 1.32 bits per heavy atom. The maximum atomic E-state index is 12.8. The molecule has 0 spiro atoms. The van der Waals surface area contributed by atoms with Crippen molar-refractivity contribution in [2.75, 3.05) is 69.5 Å². The number of nitrogens with zero attached hydrogens (tertiary/aromatic N) is 4. The lowest BCUT2D eigenvalue weighted by Crippen LogP contribution is -2.46. The van der Waals surface area contributed by atoms with Crippen LogP contribution in [-0.2, 0) is 19.2 Å². The van der Waals surface area contributed by atoms with Crippen molar-refractivity contribution >= 4 is 58.7 Å². The number of amides is 1. The lowest BCUT2D eigenvalue weighted by molar-refractivity contribution is -0.140. The van der Waals surface area contributed by atoms with Gasteiger partial charge in [0, 0.05) is 60.6 Å². The quantitative estimate of drug-likeness (QED) is 0.0736. The number of aliphatic hydroxyl groups is 1. The van der Waals surface area contributed by atoms with Gasteiger partial charge in [-0.1, -0.05) is 6.07 Å². The molecule has 14 nitrogen and oxygen atoms in total. The van der Waals surface area contributed by atoms with Crippen LogP contribution in [0.15, 0.2) is 65.7 Å². The number of nitrogens with one attached hydrogen (secondary N) is 2. The molecule has 1 heterocycles. The van der Waals surface area contributed by atoms with Gasteiger partial charge in [-0.25, -0.2) is 0 Å². The van der Waals surface area contributed by atoms with E-state index in [1.165, 1.54) is 14.7 Å². The fourth-order valence-electron chi connectivity index (χ4n) is 4.46.